The number of nitriles is 1. The highest BCUT2D eigenvalue weighted by Gasteiger charge is 2.13. The van der Waals surface area contributed by atoms with Crippen molar-refractivity contribution < 1.29 is 4.79 Å². The van der Waals surface area contributed by atoms with Crippen molar-refractivity contribution in [3.8, 4) is 6.07 Å². The van der Waals surface area contributed by atoms with Gasteiger partial charge in [-0.3, -0.25) is 10.1 Å². The SMILES string of the molecule is CSc1nsc(NC(=O)/C(C#N)=C\c2c[nH]c3ccccc23)n1. The quantitative estimate of drug-likeness (QED) is 0.431. The Morgan fingerprint density at radius 1 is 1.48 bits per heavy atom. The van der Waals surface area contributed by atoms with Gasteiger partial charge in [-0.2, -0.15) is 14.6 Å². The molecule has 2 N–H and O–H groups in total. The number of nitrogens with zero attached hydrogens (tertiary/aromatic N) is 3. The molecule has 0 aliphatic heterocycles. The van der Waals surface area contributed by atoms with Crippen molar-refractivity contribution in [2.45, 2.75) is 5.16 Å². The summed E-state index contributed by atoms with van der Waals surface area (Å²) in [6, 6.07) is 9.62. The van der Waals surface area contributed by atoms with Gasteiger partial charge in [0.15, 0.2) is 0 Å². The summed E-state index contributed by atoms with van der Waals surface area (Å²) in [6.45, 7) is 0. The lowest BCUT2D eigenvalue weighted by Crippen LogP contribution is -2.13. The largest absolute Gasteiger partial charge is 0.361 e. The number of carbonyl (C=O) groups is 1. The Morgan fingerprint density at radius 2 is 2.30 bits per heavy atom. The van der Waals surface area contributed by atoms with Crippen LogP contribution in [0.2, 0.25) is 0 Å². The van der Waals surface area contributed by atoms with Gasteiger partial charge in [0, 0.05) is 34.2 Å². The Morgan fingerprint density at radius 3 is 3.04 bits per heavy atom. The molecule has 3 aromatic rings. The summed E-state index contributed by atoms with van der Waals surface area (Å²) in [7, 11) is 0. The molecule has 3 rings (SSSR count). The number of para-hydroxylation sites is 1. The van der Waals surface area contributed by atoms with Crippen LogP contribution in [-0.4, -0.2) is 26.5 Å². The summed E-state index contributed by atoms with van der Waals surface area (Å²) in [4.78, 5) is 19.5. The van der Waals surface area contributed by atoms with Crippen LogP contribution in [0.3, 0.4) is 0 Å². The second-order valence-corrected chi connectivity index (χ2v) is 6.03. The zero-order valence-electron chi connectivity index (χ0n) is 12.0. The van der Waals surface area contributed by atoms with Crippen molar-refractivity contribution in [3.05, 3.63) is 41.6 Å². The highest BCUT2D eigenvalue weighted by molar-refractivity contribution is 7.98. The highest BCUT2D eigenvalue weighted by atomic mass is 32.2. The molecule has 0 radical (unpaired) electrons. The van der Waals surface area contributed by atoms with Crippen molar-refractivity contribution in [2.24, 2.45) is 0 Å². The predicted octanol–water partition coefficient (Wildman–Crippen LogP) is 3.29. The summed E-state index contributed by atoms with van der Waals surface area (Å²) in [5.74, 6) is -0.499. The van der Waals surface area contributed by atoms with Crippen LogP contribution in [0.4, 0.5) is 5.13 Å². The van der Waals surface area contributed by atoms with Crippen molar-refractivity contribution in [1.82, 2.24) is 14.3 Å². The van der Waals surface area contributed by atoms with E-state index in [1.807, 2.05) is 36.6 Å². The van der Waals surface area contributed by atoms with Gasteiger partial charge in [0.05, 0.1) is 0 Å². The molecule has 1 aromatic carbocycles. The minimum Gasteiger partial charge on any atom is -0.361 e. The monoisotopic (exact) mass is 341 g/mol. The first kappa shape index (κ1) is 15.3. The summed E-state index contributed by atoms with van der Waals surface area (Å²) in [5.41, 5.74) is 1.75. The lowest BCUT2D eigenvalue weighted by Gasteiger charge is -1.99. The molecule has 6 nitrogen and oxygen atoms in total. The summed E-state index contributed by atoms with van der Waals surface area (Å²) < 4.78 is 4.06. The molecule has 1 amide bonds. The van der Waals surface area contributed by atoms with E-state index < -0.39 is 5.91 Å². The molecular formula is C15H11N5OS2. The Kier molecular flexibility index (Phi) is 4.41. The van der Waals surface area contributed by atoms with Gasteiger partial charge in [-0.15, -0.1) is 0 Å². The van der Waals surface area contributed by atoms with Gasteiger partial charge < -0.3 is 4.98 Å². The number of hydrogen-bond acceptors (Lipinski definition) is 6. The number of amides is 1. The lowest BCUT2D eigenvalue weighted by molar-refractivity contribution is -0.112. The second-order valence-electron chi connectivity index (χ2n) is 4.50. The number of aromatic amines is 1. The number of hydrogen-bond donors (Lipinski definition) is 2. The van der Waals surface area contributed by atoms with Crippen molar-refractivity contribution in [3.63, 3.8) is 0 Å². The van der Waals surface area contributed by atoms with Gasteiger partial charge in [0.1, 0.15) is 11.6 Å². The number of benzene rings is 1. The third-order valence-corrected chi connectivity index (χ3v) is 4.39. The molecule has 114 valence electrons. The molecule has 0 fully saturated rings. The van der Waals surface area contributed by atoms with Crippen LogP contribution in [0.15, 0.2) is 41.2 Å². The molecule has 0 bridgehead atoms. The molecule has 0 unspecified atom stereocenters. The second kappa shape index (κ2) is 6.64. The predicted molar refractivity (Wildman–Crippen MR) is 92.2 cm³/mol. The van der Waals surface area contributed by atoms with Crippen molar-refractivity contribution >= 4 is 51.3 Å². The zero-order chi connectivity index (χ0) is 16.2. The van der Waals surface area contributed by atoms with E-state index in [4.69, 9.17) is 0 Å². The number of thioether (sulfide) groups is 1. The standard InChI is InChI=1S/C15H11N5OS2/c1-22-15-19-14(23-20-15)18-13(21)9(7-16)6-10-8-17-12-5-3-2-4-11(10)12/h2-6,8,17H,1H3,(H,18,19,20,21)/b9-6-. The molecule has 23 heavy (non-hydrogen) atoms. The Labute approximate surface area is 140 Å². The van der Waals surface area contributed by atoms with Crippen LogP contribution in [0.25, 0.3) is 17.0 Å². The third kappa shape index (κ3) is 3.26. The number of nitrogens with one attached hydrogen (secondary N) is 2. The highest BCUT2D eigenvalue weighted by Crippen LogP contribution is 2.21. The van der Waals surface area contributed by atoms with Gasteiger partial charge >= 0.3 is 0 Å². The van der Waals surface area contributed by atoms with Crippen LogP contribution >= 0.6 is 23.3 Å². The normalized spacial score (nSPS) is 11.4. The number of carbonyl (C=O) groups excluding carboxylic acids is 1. The van der Waals surface area contributed by atoms with E-state index >= 15 is 0 Å². The number of anilines is 1. The Hall–Kier alpha value is -2.63. The van der Waals surface area contributed by atoms with Gasteiger partial charge in [-0.25, -0.2) is 0 Å². The average Bonchev–Trinajstić information content (AvgIpc) is 3.19. The van der Waals surface area contributed by atoms with Gasteiger partial charge in [0.25, 0.3) is 5.91 Å². The van der Waals surface area contributed by atoms with Crippen LogP contribution in [-0.2, 0) is 4.79 Å². The minimum atomic E-state index is -0.499. The fraction of sp³-hybridized carbons (Fsp3) is 0.0667. The fourth-order valence-corrected chi connectivity index (χ4v) is 3.15. The van der Waals surface area contributed by atoms with Gasteiger partial charge in [-0.1, -0.05) is 30.0 Å². The summed E-state index contributed by atoms with van der Waals surface area (Å²) in [5, 5.41) is 13.8. The number of rotatable bonds is 4. The molecule has 0 spiro atoms. The molecule has 0 aliphatic rings. The maximum Gasteiger partial charge on any atom is 0.268 e. The molecule has 0 saturated heterocycles. The average molecular weight is 341 g/mol. The van der Waals surface area contributed by atoms with Crippen LogP contribution in [0.1, 0.15) is 5.56 Å². The van der Waals surface area contributed by atoms with E-state index in [0.717, 1.165) is 28.0 Å². The maximum atomic E-state index is 12.2. The topological polar surface area (TPSA) is 94.5 Å². The fourth-order valence-electron chi connectivity index (χ4n) is 2.03. The van der Waals surface area contributed by atoms with Crippen LogP contribution in [0.5, 0.6) is 0 Å². The van der Waals surface area contributed by atoms with Crippen molar-refractivity contribution in [1.29, 1.82) is 5.26 Å². The molecule has 0 aliphatic carbocycles. The Bertz CT molecular complexity index is 935. The van der Waals surface area contributed by atoms with E-state index in [0.29, 0.717) is 10.3 Å². The maximum absolute atomic E-state index is 12.2. The zero-order valence-corrected chi connectivity index (χ0v) is 13.7. The molecule has 0 saturated carbocycles. The number of aromatic nitrogens is 3. The van der Waals surface area contributed by atoms with Gasteiger partial charge in [0.2, 0.25) is 10.3 Å². The first-order chi connectivity index (χ1) is 11.2. The van der Waals surface area contributed by atoms with E-state index in [9.17, 15) is 10.1 Å². The number of H-pyrrole nitrogens is 1. The van der Waals surface area contributed by atoms with Crippen molar-refractivity contribution in [2.75, 3.05) is 11.6 Å². The first-order valence-electron chi connectivity index (χ1n) is 6.58. The molecule has 2 aromatic heterocycles. The third-order valence-electron chi connectivity index (χ3n) is 3.10. The van der Waals surface area contributed by atoms with E-state index in [2.05, 4.69) is 19.7 Å². The molecule has 0 atom stereocenters. The van der Waals surface area contributed by atoms with Crippen LogP contribution in [0, 0.1) is 11.3 Å². The van der Waals surface area contributed by atoms with E-state index in [1.165, 1.54) is 11.8 Å². The molecular weight excluding hydrogens is 330 g/mol. The Balaban J connectivity index is 1.86. The van der Waals surface area contributed by atoms with Crippen LogP contribution < -0.4 is 5.32 Å². The number of fused-ring (bicyclic) bond motifs is 1. The first-order valence-corrected chi connectivity index (χ1v) is 8.58. The smallest absolute Gasteiger partial charge is 0.268 e. The summed E-state index contributed by atoms with van der Waals surface area (Å²) in [6.07, 6.45) is 5.18. The molecule has 8 heteroatoms. The van der Waals surface area contributed by atoms with Gasteiger partial charge in [-0.05, 0) is 18.4 Å². The minimum absolute atomic E-state index is 0.00987. The lowest BCUT2D eigenvalue weighted by atomic mass is 10.1. The van der Waals surface area contributed by atoms with E-state index in [1.54, 1.807) is 12.3 Å². The molecule has 2 heterocycles. The summed E-state index contributed by atoms with van der Waals surface area (Å²) >= 11 is 2.47. The van der Waals surface area contributed by atoms with E-state index in [-0.39, 0.29) is 5.57 Å².